The van der Waals surface area contributed by atoms with E-state index in [9.17, 15) is 13.2 Å². The Balaban J connectivity index is 1.60. The Morgan fingerprint density at radius 2 is 2.10 bits per heavy atom. The summed E-state index contributed by atoms with van der Waals surface area (Å²) >= 11 is 3.35. The number of hydrogen-bond acceptors (Lipinski definition) is 6. The van der Waals surface area contributed by atoms with E-state index in [-0.39, 0.29) is 17.6 Å². The fourth-order valence-electron chi connectivity index (χ4n) is 3.25. The molecule has 1 fully saturated rings. The summed E-state index contributed by atoms with van der Waals surface area (Å²) in [5.74, 6) is -1.05. The van der Waals surface area contributed by atoms with Crippen LogP contribution in [0, 0.1) is 5.41 Å². The Bertz CT molecular complexity index is 1290. The quantitative estimate of drug-likeness (QED) is 0.516. The topological polar surface area (TPSA) is 128 Å². The Morgan fingerprint density at radius 3 is 2.83 bits per heavy atom. The standard InChI is InChI=1S/C19H18BrN5O4S/c1-19(10-30(27,28)25(2)18(21)24-19)11-4-3-5-13(8-11)22-16(26)17-23-14-9-12(20)6-7-15(14)29-17/h3-9H,10H2,1-2H3,(H2,21,24)(H,22,26)/t19-/m0/s1. The molecule has 0 aliphatic carbocycles. The van der Waals surface area contributed by atoms with E-state index >= 15 is 0 Å². The Kier molecular flexibility index (Phi) is 4.82. The van der Waals surface area contributed by atoms with Crippen molar-refractivity contribution >= 4 is 54.6 Å². The van der Waals surface area contributed by atoms with Crippen LogP contribution in [0.1, 0.15) is 23.2 Å². The minimum Gasteiger partial charge on any atom is -0.432 e. The van der Waals surface area contributed by atoms with Gasteiger partial charge < -0.3 is 15.1 Å². The molecule has 0 radical (unpaired) electrons. The minimum absolute atomic E-state index is 0.0820. The number of sulfonamides is 1. The number of oxazole rings is 1. The number of fused-ring (bicyclic) bond motifs is 1. The van der Waals surface area contributed by atoms with Crippen molar-refractivity contribution in [3.8, 4) is 0 Å². The number of halogens is 1. The first-order valence-electron chi connectivity index (χ1n) is 8.89. The number of hydrogen-bond donors (Lipinski definition) is 3. The van der Waals surface area contributed by atoms with Gasteiger partial charge in [-0.1, -0.05) is 28.1 Å². The monoisotopic (exact) mass is 491 g/mol. The van der Waals surface area contributed by atoms with Crippen molar-refractivity contribution in [2.24, 2.45) is 0 Å². The van der Waals surface area contributed by atoms with Crippen LogP contribution < -0.4 is 10.6 Å². The minimum atomic E-state index is -3.63. The van der Waals surface area contributed by atoms with Crippen molar-refractivity contribution in [3.05, 3.63) is 58.4 Å². The SMILES string of the molecule is CN1C(=N)N[C@](C)(c2cccc(NC(=O)c3nc4cc(Br)ccc4o3)c2)CS1(=O)=O. The van der Waals surface area contributed by atoms with Crippen molar-refractivity contribution in [1.29, 1.82) is 5.41 Å². The third-order valence-corrected chi connectivity index (χ3v) is 7.35. The number of rotatable bonds is 3. The van der Waals surface area contributed by atoms with Crippen LogP contribution >= 0.6 is 15.9 Å². The molecule has 2 heterocycles. The molecule has 1 aliphatic heterocycles. The predicted molar refractivity (Wildman–Crippen MR) is 116 cm³/mol. The summed E-state index contributed by atoms with van der Waals surface area (Å²) in [5.41, 5.74) is 1.08. The zero-order valence-corrected chi connectivity index (χ0v) is 18.5. The van der Waals surface area contributed by atoms with Crippen molar-refractivity contribution in [3.63, 3.8) is 0 Å². The molecule has 30 heavy (non-hydrogen) atoms. The first-order chi connectivity index (χ1) is 14.1. The number of guanidine groups is 1. The molecule has 0 spiro atoms. The van der Waals surface area contributed by atoms with E-state index < -0.39 is 21.5 Å². The van der Waals surface area contributed by atoms with E-state index in [1.807, 2.05) is 0 Å². The van der Waals surface area contributed by atoms with E-state index in [0.717, 1.165) is 8.78 Å². The Labute approximate surface area is 181 Å². The lowest BCUT2D eigenvalue weighted by Gasteiger charge is -2.40. The fraction of sp³-hybridized carbons (Fsp3) is 0.211. The predicted octanol–water partition coefficient (Wildman–Crippen LogP) is 2.86. The maximum Gasteiger partial charge on any atom is 0.311 e. The smallest absolute Gasteiger partial charge is 0.311 e. The number of carbonyl (C=O) groups excluding carboxylic acids is 1. The molecule has 156 valence electrons. The molecule has 1 atom stereocenters. The number of nitrogens with one attached hydrogen (secondary N) is 3. The van der Waals surface area contributed by atoms with Gasteiger partial charge in [-0.2, -0.15) is 0 Å². The molecular weight excluding hydrogens is 474 g/mol. The maximum atomic E-state index is 12.6. The second kappa shape index (κ2) is 7.10. The van der Waals surface area contributed by atoms with E-state index in [0.29, 0.717) is 22.4 Å². The summed E-state index contributed by atoms with van der Waals surface area (Å²) in [6.45, 7) is 1.70. The second-order valence-corrected chi connectivity index (χ2v) is 10.1. The third kappa shape index (κ3) is 3.65. The van der Waals surface area contributed by atoms with E-state index in [4.69, 9.17) is 9.83 Å². The van der Waals surface area contributed by atoms with Crippen LogP contribution in [0.15, 0.2) is 51.4 Å². The first-order valence-corrected chi connectivity index (χ1v) is 11.3. The van der Waals surface area contributed by atoms with Gasteiger partial charge >= 0.3 is 5.91 Å². The average Bonchev–Trinajstić information content (AvgIpc) is 3.09. The van der Waals surface area contributed by atoms with Gasteiger partial charge in [-0.15, -0.1) is 0 Å². The molecule has 1 aromatic heterocycles. The normalized spacial score (nSPS) is 20.8. The lowest BCUT2D eigenvalue weighted by atomic mass is 9.93. The lowest BCUT2D eigenvalue weighted by Crippen LogP contribution is -2.60. The van der Waals surface area contributed by atoms with Gasteiger partial charge in [-0.3, -0.25) is 10.2 Å². The van der Waals surface area contributed by atoms with Crippen LogP contribution in [0.5, 0.6) is 0 Å². The van der Waals surface area contributed by atoms with Gasteiger partial charge in [0, 0.05) is 17.2 Å². The highest BCUT2D eigenvalue weighted by Gasteiger charge is 2.41. The summed E-state index contributed by atoms with van der Waals surface area (Å²) in [6.07, 6.45) is 0. The van der Waals surface area contributed by atoms with E-state index in [1.54, 1.807) is 49.4 Å². The number of aromatic nitrogens is 1. The summed E-state index contributed by atoms with van der Waals surface area (Å²) in [7, 11) is -2.30. The van der Waals surface area contributed by atoms with Crippen LogP contribution in [-0.4, -0.2) is 42.4 Å². The van der Waals surface area contributed by atoms with Gasteiger partial charge in [0.25, 0.3) is 5.89 Å². The lowest BCUT2D eigenvalue weighted by molar-refractivity contribution is 0.0992. The number of anilines is 1. The van der Waals surface area contributed by atoms with Crippen LogP contribution in [0.3, 0.4) is 0 Å². The molecule has 2 aromatic carbocycles. The van der Waals surface area contributed by atoms with Crippen LogP contribution in [0.2, 0.25) is 0 Å². The fourth-order valence-corrected chi connectivity index (χ4v) is 5.09. The highest BCUT2D eigenvalue weighted by atomic mass is 79.9. The summed E-state index contributed by atoms with van der Waals surface area (Å²) in [5, 5.41) is 13.6. The van der Waals surface area contributed by atoms with Gasteiger partial charge in [-0.05, 0) is 42.8 Å². The van der Waals surface area contributed by atoms with E-state index in [2.05, 4.69) is 31.5 Å². The first kappa shape index (κ1) is 20.4. The molecule has 9 nitrogen and oxygen atoms in total. The average molecular weight is 492 g/mol. The molecule has 1 amide bonds. The number of benzene rings is 2. The molecule has 0 bridgehead atoms. The molecule has 4 rings (SSSR count). The second-order valence-electron chi connectivity index (χ2n) is 7.20. The molecule has 3 N–H and O–H groups in total. The van der Waals surface area contributed by atoms with Crippen LogP contribution in [-0.2, 0) is 15.6 Å². The molecular formula is C19H18BrN5O4S. The van der Waals surface area contributed by atoms with Gasteiger partial charge in [0.1, 0.15) is 5.52 Å². The Hall–Kier alpha value is -2.92. The summed E-state index contributed by atoms with van der Waals surface area (Å²) < 4.78 is 32.0. The van der Waals surface area contributed by atoms with Gasteiger partial charge in [0.2, 0.25) is 16.0 Å². The zero-order valence-electron chi connectivity index (χ0n) is 16.1. The summed E-state index contributed by atoms with van der Waals surface area (Å²) in [4.78, 5) is 16.8. The van der Waals surface area contributed by atoms with Crippen molar-refractivity contribution in [2.75, 3.05) is 18.1 Å². The number of nitrogens with zero attached hydrogens (tertiary/aromatic N) is 2. The van der Waals surface area contributed by atoms with Crippen molar-refractivity contribution < 1.29 is 17.6 Å². The largest absolute Gasteiger partial charge is 0.432 e. The van der Waals surface area contributed by atoms with Gasteiger partial charge in [0.05, 0.1) is 11.3 Å². The third-order valence-electron chi connectivity index (χ3n) is 4.90. The molecule has 0 unspecified atom stereocenters. The highest BCUT2D eigenvalue weighted by Crippen LogP contribution is 2.29. The van der Waals surface area contributed by atoms with Gasteiger partial charge in [-0.25, -0.2) is 17.7 Å². The molecule has 1 saturated heterocycles. The van der Waals surface area contributed by atoms with Crippen LogP contribution in [0.25, 0.3) is 11.1 Å². The summed E-state index contributed by atoms with van der Waals surface area (Å²) in [6, 6.07) is 12.0. The molecule has 11 heteroatoms. The van der Waals surface area contributed by atoms with Gasteiger partial charge in [0.15, 0.2) is 5.58 Å². The van der Waals surface area contributed by atoms with Crippen molar-refractivity contribution in [2.45, 2.75) is 12.5 Å². The number of amides is 1. The Morgan fingerprint density at radius 1 is 1.33 bits per heavy atom. The molecule has 3 aromatic rings. The van der Waals surface area contributed by atoms with Crippen LogP contribution in [0.4, 0.5) is 5.69 Å². The van der Waals surface area contributed by atoms with E-state index in [1.165, 1.54) is 7.05 Å². The maximum absolute atomic E-state index is 12.6. The van der Waals surface area contributed by atoms with Crippen molar-refractivity contribution in [1.82, 2.24) is 14.6 Å². The number of carbonyl (C=O) groups is 1. The molecule has 1 aliphatic rings. The zero-order chi connectivity index (χ0) is 21.7. The molecule has 0 saturated carbocycles. The highest BCUT2D eigenvalue weighted by molar-refractivity contribution is 9.10.